The van der Waals surface area contributed by atoms with Crippen LogP contribution in [0.1, 0.15) is 103 Å². The molecule has 1 aromatic carbocycles. The lowest BCUT2D eigenvalue weighted by Crippen LogP contribution is -2.61. The van der Waals surface area contributed by atoms with Gasteiger partial charge in [-0.1, -0.05) is 18.6 Å². The number of hydrogen-bond donors (Lipinski definition) is 19. The fourth-order valence-corrected chi connectivity index (χ4v) is 7.41. The number of amides is 11. The molecule has 81 heavy (non-hydrogen) atoms. The van der Waals surface area contributed by atoms with Gasteiger partial charge in [0, 0.05) is 25.7 Å². The SMILES string of the molecule is C[C@H](NC(=O)[C@H](CCC(N)=O)NC(=O)[C@@H](NC(=O)[C@H](C)NC(=O)[C@H](CCCCN)NC(=O)[C@@H](N)CCCCN)[C@@H](C)O)C(=O)N[C@@H](CO)C(=O)N[C@@H](CCC(N)=O)C(=O)N[C@@H](CCC(=O)O)C(=O)N[C@@H](Cc1ccc(O)cc1)C(=O)O. The van der Waals surface area contributed by atoms with Crippen LogP contribution >= 0.6 is 0 Å². The highest BCUT2D eigenvalue weighted by molar-refractivity contribution is 5.99. The smallest absolute Gasteiger partial charge is 0.326 e. The van der Waals surface area contributed by atoms with Crippen LogP contribution in [-0.2, 0) is 68.7 Å². The topological polar surface area (TPSA) is 561 Å². The van der Waals surface area contributed by atoms with Crippen molar-refractivity contribution in [2.24, 2.45) is 28.7 Å². The molecule has 1 aromatic rings. The average Bonchev–Trinajstić information content (AvgIpc) is 3.42. The van der Waals surface area contributed by atoms with Gasteiger partial charge in [0.1, 0.15) is 60.1 Å². The standard InChI is InChI=1S/C49H80N14O18/c1-24(40(71)62-35(23-64)47(78)59-32(15-18-37(54)68)45(76)58-33(16-19-38(69)70)46(77)61-34(49(80)81)22-27-10-12-28(66)13-11-27)55-44(75)31(14-17-36(53)67)60-48(79)39(26(3)65)63-41(72)25(2)56-43(74)30(9-5-7-21-51)57-42(73)29(52)8-4-6-20-50/h10-13,24-26,29-35,39,64-66H,4-9,14-23,50-52H2,1-3H3,(H2,53,67)(H2,54,68)(H,55,75)(H,56,74)(H,57,73)(H,58,76)(H,59,78)(H,60,79)(H,61,77)(H,62,71)(H,63,72)(H,69,70)(H,80,81)/t24-,25-,26+,29-,30-,31-,32-,33-,34-,35-,39-/m0/s1. The molecule has 0 fully saturated rings. The number of benzene rings is 1. The Kier molecular flexibility index (Phi) is 32.4. The number of nitrogens with two attached hydrogens (primary N) is 5. The average molecular weight is 1150 g/mol. The van der Waals surface area contributed by atoms with Crippen molar-refractivity contribution in [2.75, 3.05) is 19.7 Å². The molecule has 11 amide bonds. The monoisotopic (exact) mass is 1150 g/mol. The van der Waals surface area contributed by atoms with Gasteiger partial charge in [-0.3, -0.25) is 57.5 Å². The van der Waals surface area contributed by atoms with Crippen molar-refractivity contribution in [3.8, 4) is 5.75 Å². The van der Waals surface area contributed by atoms with Crippen LogP contribution in [0.25, 0.3) is 0 Å². The first-order chi connectivity index (χ1) is 38.0. The van der Waals surface area contributed by atoms with Crippen molar-refractivity contribution in [1.82, 2.24) is 47.9 Å². The third-order valence-corrected chi connectivity index (χ3v) is 12.2. The van der Waals surface area contributed by atoms with E-state index in [9.17, 15) is 87.9 Å². The number of primary amides is 2. The molecule has 24 N–H and O–H groups in total. The molecule has 0 heterocycles. The van der Waals surface area contributed by atoms with E-state index in [0.29, 0.717) is 50.8 Å². The number of aliphatic hydroxyl groups is 2. The molecule has 454 valence electrons. The van der Waals surface area contributed by atoms with E-state index in [1.54, 1.807) is 0 Å². The molecule has 0 saturated heterocycles. The summed E-state index contributed by atoms with van der Waals surface area (Å²) in [7, 11) is 0. The molecule has 0 aliphatic carbocycles. The lowest BCUT2D eigenvalue weighted by Gasteiger charge is -2.27. The summed E-state index contributed by atoms with van der Waals surface area (Å²) >= 11 is 0. The number of rotatable bonds is 40. The predicted octanol–water partition coefficient (Wildman–Crippen LogP) is -7.22. The maximum atomic E-state index is 13.7. The molecule has 0 aromatic heterocycles. The number of aromatic hydroxyl groups is 1. The van der Waals surface area contributed by atoms with Crippen LogP contribution in [0.3, 0.4) is 0 Å². The Labute approximate surface area is 466 Å². The van der Waals surface area contributed by atoms with E-state index in [1.165, 1.54) is 31.2 Å². The summed E-state index contributed by atoms with van der Waals surface area (Å²) < 4.78 is 0. The lowest BCUT2D eigenvalue weighted by molar-refractivity contribution is -0.143. The Balaban J connectivity index is 3.22. The van der Waals surface area contributed by atoms with Crippen LogP contribution in [0, 0.1) is 0 Å². The number of carbonyl (C=O) groups is 13. The van der Waals surface area contributed by atoms with Gasteiger partial charge in [0.05, 0.1) is 18.8 Å². The molecule has 1 rings (SSSR count). The largest absolute Gasteiger partial charge is 0.508 e. The third kappa shape index (κ3) is 27.6. The highest BCUT2D eigenvalue weighted by Crippen LogP contribution is 2.13. The molecule has 0 radical (unpaired) electrons. The van der Waals surface area contributed by atoms with Crippen LogP contribution < -0.4 is 76.5 Å². The number of phenolic OH excluding ortho intramolecular Hbond substituents is 1. The number of unbranched alkanes of at least 4 members (excludes halogenated alkanes) is 2. The molecule has 0 bridgehead atoms. The normalized spacial score (nSPS) is 15.1. The lowest BCUT2D eigenvalue weighted by atomic mass is 10.0. The maximum absolute atomic E-state index is 13.7. The Morgan fingerprint density at radius 3 is 1.28 bits per heavy atom. The van der Waals surface area contributed by atoms with E-state index in [1.807, 2.05) is 0 Å². The Morgan fingerprint density at radius 1 is 0.469 bits per heavy atom. The number of carboxylic acid groups (broad SMARTS) is 2. The van der Waals surface area contributed by atoms with E-state index in [-0.39, 0.29) is 18.6 Å². The summed E-state index contributed by atoms with van der Waals surface area (Å²) in [5.41, 5.74) is 28.0. The second-order valence-electron chi connectivity index (χ2n) is 19.1. The Bertz CT molecular complexity index is 2330. The zero-order valence-electron chi connectivity index (χ0n) is 45.4. The van der Waals surface area contributed by atoms with Crippen LogP contribution in [0.2, 0.25) is 0 Å². The number of aliphatic carboxylic acids is 2. The van der Waals surface area contributed by atoms with Crippen LogP contribution in [0.15, 0.2) is 24.3 Å². The number of carboxylic acids is 2. The van der Waals surface area contributed by atoms with Crippen molar-refractivity contribution in [1.29, 1.82) is 0 Å². The second-order valence-corrected chi connectivity index (χ2v) is 19.1. The molecule has 0 unspecified atom stereocenters. The van der Waals surface area contributed by atoms with Gasteiger partial charge in [-0.25, -0.2) is 4.79 Å². The van der Waals surface area contributed by atoms with Gasteiger partial charge in [0.2, 0.25) is 65.0 Å². The minimum absolute atomic E-state index is 0.125. The summed E-state index contributed by atoms with van der Waals surface area (Å²) in [4.78, 5) is 168. The van der Waals surface area contributed by atoms with Crippen LogP contribution in [-0.4, -0.2) is 189 Å². The third-order valence-electron chi connectivity index (χ3n) is 12.2. The van der Waals surface area contributed by atoms with Crippen LogP contribution in [0.4, 0.5) is 0 Å². The summed E-state index contributed by atoms with van der Waals surface area (Å²) in [6.07, 6.45) is -2.93. The second kappa shape index (κ2) is 37.0. The number of aliphatic hydroxyl groups excluding tert-OH is 2. The van der Waals surface area contributed by atoms with Gasteiger partial charge in [0.15, 0.2) is 0 Å². The van der Waals surface area contributed by atoms with E-state index >= 15 is 0 Å². The molecule has 32 nitrogen and oxygen atoms in total. The van der Waals surface area contributed by atoms with E-state index in [0.717, 1.165) is 13.8 Å². The summed E-state index contributed by atoms with van der Waals surface area (Å²) in [6.45, 7) is 2.98. The quantitative estimate of drug-likeness (QED) is 0.0272. The molecule has 32 heteroatoms. The number of hydrogen-bond acceptors (Lipinski definition) is 19. The molecule has 0 saturated carbocycles. The summed E-state index contributed by atoms with van der Waals surface area (Å²) in [5, 5.41) is 70.0. The fourth-order valence-electron chi connectivity index (χ4n) is 7.41. The summed E-state index contributed by atoms with van der Waals surface area (Å²) in [5.74, 6) is -14.5. The molecular weight excluding hydrogens is 1070 g/mol. The van der Waals surface area contributed by atoms with Gasteiger partial charge in [-0.15, -0.1) is 0 Å². The molecule has 0 aliphatic rings. The van der Waals surface area contributed by atoms with Gasteiger partial charge in [0.25, 0.3) is 0 Å². The van der Waals surface area contributed by atoms with Crippen molar-refractivity contribution >= 4 is 76.9 Å². The number of phenols is 1. The predicted molar refractivity (Wildman–Crippen MR) is 284 cm³/mol. The van der Waals surface area contributed by atoms with Crippen molar-refractivity contribution < 1.29 is 87.9 Å². The first kappa shape index (κ1) is 70.9. The first-order valence-electron chi connectivity index (χ1n) is 26.0. The van der Waals surface area contributed by atoms with Gasteiger partial charge in [-0.2, -0.15) is 0 Å². The van der Waals surface area contributed by atoms with Crippen molar-refractivity contribution in [3.05, 3.63) is 29.8 Å². The van der Waals surface area contributed by atoms with Gasteiger partial charge >= 0.3 is 11.9 Å². The zero-order valence-corrected chi connectivity index (χ0v) is 45.4. The Morgan fingerprint density at radius 2 is 0.852 bits per heavy atom. The highest BCUT2D eigenvalue weighted by atomic mass is 16.4. The van der Waals surface area contributed by atoms with Crippen LogP contribution in [0.5, 0.6) is 5.75 Å². The maximum Gasteiger partial charge on any atom is 0.326 e. The van der Waals surface area contributed by atoms with E-state index in [2.05, 4.69) is 47.9 Å². The number of carbonyl (C=O) groups excluding carboxylic acids is 11. The van der Waals surface area contributed by atoms with E-state index < -0.39 is 189 Å². The van der Waals surface area contributed by atoms with Crippen molar-refractivity contribution in [2.45, 2.75) is 171 Å². The molecular formula is C49H80N14O18. The van der Waals surface area contributed by atoms with Crippen molar-refractivity contribution in [3.63, 3.8) is 0 Å². The molecule has 0 aliphatic heterocycles. The van der Waals surface area contributed by atoms with E-state index in [4.69, 9.17) is 28.7 Å². The number of nitrogens with one attached hydrogen (secondary N) is 9. The summed E-state index contributed by atoms with van der Waals surface area (Å²) in [6, 6.07) is -10.4. The molecule has 0 spiro atoms. The fraction of sp³-hybridized carbons (Fsp3) is 0.612. The zero-order chi connectivity index (χ0) is 61.5. The van der Waals surface area contributed by atoms with Gasteiger partial charge in [-0.05, 0) is 103 Å². The minimum atomic E-state index is -1.91. The highest BCUT2D eigenvalue weighted by Gasteiger charge is 2.36. The molecule has 11 atom stereocenters. The minimum Gasteiger partial charge on any atom is -0.508 e. The van der Waals surface area contributed by atoms with Gasteiger partial charge < -0.3 is 102 Å². The Hall–Kier alpha value is -8.07. The first-order valence-corrected chi connectivity index (χ1v) is 26.0.